The molecule has 8 heteroatoms. The number of hydrogen-bond acceptors (Lipinski definition) is 6. The molecule has 3 aromatic rings. The van der Waals surface area contributed by atoms with Crippen LogP contribution in [0.3, 0.4) is 0 Å². The smallest absolute Gasteiger partial charge is 0.371 e. The Labute approximate surface area is 199 Å². The van der Waals surface area contributed by atoms with Crippen LogP contribution in [0, 0.1) is 0 Å². The molecule has 2 aromatic carbocycles. The number of hydrogen-bond donors (Lipinski definition) is 3. The van der Waals surface area contributed by atoms with Gasteiger partial charge in [-0.1, -0.05) is 18.6 Å². The molecule has 5 N–H and O–H groups in total. The van der Waals surface area contributed by atoms with Crippen LogP contribution in [0.15, 0.2) is 65.5 Å². The summed E-state index contributed by atoms with van der Waals surface area (Å²) < 4.78 is 10.5. The van der Waals surface area contributed by atoms with E-state index in [1.807, 2.05) is 36.4 Å². The molecule has 1 saturated carbocycles. The minimum absolute atomic E-state index is 0.0513. The first-order chi connectivity index (χ1) is 16.6. The number of aromatic nitrogens is 1. The van der Waals surface area contributed by atoms with Gasteiger partial charge in [-0.05, 0) is 49.2 Å². The number of carbonyl (C=O) groups is 2. The second-order valence-corrected chi connectivity index (χ2v) is 8.68. The molecule has 0 spiro atoms. The summed E-state index contributed by atoms with van der Waals surface area (Å²) in [6.07, 6.45) is 7.46. The van der Waals surface area contributed by atoms with Gasteiger partial charge in [-0.3, -0.25) is 10.6 Å². The monoisotopic (exact) mass is 464 g/mol. The van der Waals surface area contributed by atoms with Gasteiger partial charge in [0.1, 0.15) is 12.3 Å². The molecule has 0 radical (unpaired) electrons. The van der Waals surface area contributed by atoms with Gasteiger partial charge in [0.15, 0.2) is 12.2 Å². The van der Waals surface area contributed by atoms with Crippen molar-refractivity contribution in [1.82, 2.24) is 4.98 Å². The number of nitrogens with one attached hydrogen (secondary N) is 1. The minimum Gasteiger partial charge on any atom is -0.497 e. The molecule has 1 heterocycles. The van der Waals surface area contributed by atoms with Crippen molar-refractivity contribution in [3.63, 3.8) is 0 Å². The van der Waals surface area contributed by atoms with Gasteiger partial charge in [-0.25, -0.2) is 14.6 Å². The lowest BCUT2D eigenvalue weighted by molar-refractivity contribution is -0.665. The largest absolute Gasteiger partial charge is 0.497 e. The Balaban J connectivity index is 1.34. The van der Waals surface area contributed by atoms with E-state index in [0.29, 0.717) is 24.4 Å². The van der Waals surface area contributed by atoms with Gasteiger partial charge in [0.2, 0.25) is 5.54 Å². The first-order valence-electron chi connectivity index (χ1n) is 11.7. The van der Waals surface area contributed by atoms with Gasteiger partial charge < -0.3 is 14.5 Å². The highest BCUT2D eigenvalue weighted by atomic mass is 16.5. The van der Waals surface area contributed by atoms with Crippen molar-refractivity contribution in [2.24, 2.45) is 0 Å². The van der Waals surface area contributed by atoms with Gasteiger partial charge in [0.05, 0.1) is 25.4 Å². The molecule has 178 valence electrons. The summed E-state index contributed by atoms with van der Waals surface area (Å²) in [5, 5.41) is 6.74. The van der Waals surface area contributed by atoms with E-state index in [0.717, 1.165) is 49.1 Å². The van der Waals surface area contributed by atoms with Gasteiger partial charge in [-0.2, -0.15) is 0 Å². The van der Waals surface area contributed by atoms with E-state index in [4.69, 9.17) is 9.15 Å². The SMILES string of the molecule is COc1ccc(NCC[NH2+]C(=O)C2([NH2+]C(=O)c3ccc(-c4cnco4)cc3)CCCCC2)cc1. The highest BCUT2D eigenvalue weighted by Gasteiger charge is 2.48. The number of quaternary nitrogens is 2. The highest BCUT2D eigenvalue weighted by Crippen LogP contribution is 2.25. The quantitative estimate of drug-likeness (QED) is 0.417. The molecule has 0 aliphatic heterocycles. The van der Waals surface area contributed by atoms with Crippen LogP contribution in [0.1, 0.15) is 42.5 Å². The number of primary amides is 2. The summed E-state index contributed by atoms with van der Waals surface area (Å²) in [6, 6.07) is 14.9. The van der Waals surface area contributed by atoms with Gasteiger partial charge in [0.25, 0.3) is 0 Å². The number of ether oxygens (including phenoxy) is 1. The molecule has 0 saturated heterocycles. The van der Waals surface area contributed by atoms with Crippen LogP contribution in [0.25, 0.3) is 11.3 Å². The second-order valence-electron chi connectivity index (χ2n) is 8.68. The molecule has 1 aliphatic carbocycles. The van der Waals surface area contributed by atoms with Crippen molar-refractivity contribution in [3.05, 3.63) is 66.7 Å². The van der Waals surface area contributed by atoms with Crippen LogP contribution in [-0.2, 0) is 4.79 Å². The molecule has 0 bridgehead atoms. The predicted molar refractivity (Wildman–Crippen MR) is 127 cm³/mol. The third-order valence-electron chi connectivity index (χ3n) is 6.42. The Hall–Kier alpha value is -3.49. The molecular formula is C26H32N4O4+2. The van der Waals surface area contributed by atoms with Gasteiger partial charge >= 0.3 is 11.8 Å². The van der Waals surface area contributed by atoms with E-state index >= 15 is 0 Å². The number of anilines is 1. The maximum Gasteiger partial charge on any atom is 0.371 e. The van der Waals surface area contributed by atoms with Gasteiger partial charge in [0, 0.05) is 24.1 Å². The molecule has 34 heavy (non-hydrogen) atoms. The number of nitrogens with zero attached hydrogens (tertiary/aromatic N) is 1. The fourth-order valence-electron chi connectivity index (χ4n) is 4.47. The van der Waals surface area contributed by atoms with E-state index in [9.17, 15) is 9.59 Å². The van der Waals surface area contributed by atoms with Crippen molar-refractivity contribution in [3.8, 4) is 17.1 Å². The summed E-state index contributed by atoms with van der Waals surface area (Å²) in [5.74, 6) is 1.40. The Kier molecular flexibility index (Phi) is 7.72. The van der Waals surface area contributed by atoms with Crippen molar-refractivity contribution < 1.29 is 29.4 Å². The molecule has 0 atom stereocenters. The topological polar surface area (TPSA) is 115 Å². The molecule has 1 aliphatic rings. The van der Waals surface area contributed by atoms with Crippen molar-refractivity contribution in [2.45, 2.75) is 37.6 Å². The second kappa shape index (κ2) is 11.1. The summed E-state index contributed by atoms with van der Waals surface area (Å²) in [6.45, 7) is 1.24. The molecule has 2 amide bonds. The maximum absolute atomic E-state index is 13.3. The predicted octanol–water partition coefficient (Wildman–Crippen LogP) is 1.96. The van der Waals surface area contributed by atoms with Crippen LogP contribution < -0.4 is 20.7 Å². The Morgan fingerprint density at radius 1 is 1.06 bits per heavy atom. The summed E-state index contributed by atoms with van der Waals surface area (Å²) in [7, 11) is 1.64. The number of methoxy groups -OCH3 is 1. The average molecular weight is 465 g/mol. The Bertz CT molecular complexity index is 1070. The summed E-state index contributed by atoms with van der Waals surface area (Å²) in [5.41, 5.74) is 1.70. The lowest BCUT2D eigenvalue weighted by Gasteiger charge is -2.30. The van der Waals surface area contributed by atoms with Crippen molar-refractivity contribution in [2.75, 3.05) is 25.5 Å². The third-order valence-corrected chi connectivity index (χ3v) is 6.42. The zero-order valence-electron chi connectivity index (χ0n) is 19.5. The number of carbonyl (C=O) groups excluding carboxylic acids is 2. The molecule has 0 unspecified atom stereocenters. The van der Waals surface area contributed by atoms with E-state index in [1.54, 1.807) is 36.1 Å². The van der Waals surface area contributed by atoms with E-state index < -0.39 is 5.54 Å². The van der Waals surface area contributed by atoms with Crippen molar-refractivity contribution >= 4 is 17.5 Å². The zero-order chi connectivity index (χ0) is 23.8. The van der Waals surface area contributed by atoms with Crippen LogP contribution in [0.2, 0.25) is 0 Å². The molecule has 4 rings (SSSR count). The number of oxazole rings is 1. The number of rotatable bonds is 9. The number of benzene rings is 2. The minimum atomic E-state index is -0.709. The fraction of sp³-hybridized carbons (Fsp3) is 0.346. The standard InChI is InChI=1S/C26H30N4O4/c1-33-22-11-9-21(10-12-22)28-15-16-29-25(32)26(13-3-2-4-14-26)30-24(31)20-7-5-19(6-8-20)23-17-27-18-34-23/h5-12,17-18,28H,2-4,13-16H2,1H3,(H,29,32)(H,30,31)/p+2. The van der Waals surface area contributed by atoms with Crippen LogP contribution >= 0.6 is 0 Å². The summed E-state index contributed by atoms with van der Waals surface area (Å²) in [4.78, 5) is 30.3. The average Bonchev–Trinajstić information content (AvgIpc) is 3.42. The molecule has 1 aromatic heterocycles. The Morgan fingerprint density at radius 2 is 1.79 bits per heavy atom. The summed E-state index contributed by atoms with van der Waals surface area (Å²) >= 11 is 0. The fourth-order valence-corrected chi connectivity index (χ4v) is 4.47. The van der Waals surface area contributed by atoms with Crippen LogP contribution in [-0.4, -0.2) is 42.5 Å². The zero-order valence-corrected chi connectivity index (χ0v) is 19.5. The molecular weight excluding hydrogens is 432 g/mol. The van der Waals surface area contributed by atoms with Crippen LogP contribution in [0.4, 0.5) is 5.69 Å². The number of amides is 2. The van der Waals surface area contributed by atoms with E-state index in [1.165, 1.54) is 6.39 Å². The Morgan fingerprint density at radius 3 is 2.44 bits per heavy atom. The molecule has 1 fully saturated rings. The lowest BCUT2D eigenvalue weighted by Crippen LogP contribution is -3.09. The molecule has 8 nitrogen and oxygen atoms in total. The lowest BCUT2D eigenvalue weighted by atomic mass is 9.80. The van der Waals surface area contributed by atoms with Crippen LogP contribution in [0.5, 0.6) is 5.75 Å². The van der Waals surface area contributed by atoms with Gasteiger partial charge in [-0.15, -0.1) is 0 Å². The first-order valence-corrected chi connectivity index (χ1v) is 11.7. The number of nitrogens with two attached hydrogens (primary N) is 2. The van der Waals surface area contributed by atoms with E-state index in [2.05, 4.69) is 10.3 Å². The third kappa shape index (κ3) is 5.70. The van der Waals surface area contributed by atoms with E-state index in [-0.39, 0.29) is 11.8 Å². The van der Waals surface area contributed by atoms with Crippen molar-refractivity contribution in [1.29, 1.82) is 0 Å². The normalized spacial score (nSPS) is 15.0. The maximum atomic E-state index is 13.3. The highest BCUT2D eigenvalue weighted by molar-refractivity contribution is 5.89. The first kappa shape index (κ1) is 23.7.